The third-order valence-electron chi connectivity index (χ3n) is 4.76. The van der Waals surface area contributed by atoms with Crippen LogP contribution in [-0.4, -0.2) is 48.6 Å². The van der Waals surface area contributed by atoms with Crippen molar-refractivity contribution in [3.63, 3.8) is 0 Å². The standard InChI is InChI=1S/C22H35N5OS/c1-6-23-22(25-16-21-26-17(4)18(5)29-21)24-15-19-11-9-10-12-20(19)28-14-13-27(7-2)8-3/h9-12H,6-8,13-16H2,1-5H3,(H2,23,24,25). The molecule has 0 amide bonds. The topological polar surface area (TPSA) is 61.8 Å². The predicted molar refractivity (Wildman–Crippen MR) is 123 cm³/mol. The van der Waals surface area contributed by atoms with E-state index in [1.54, 1.807) is 11.3 Å². The quantitative estimate of drug-likeness (QED) is 0.431. The van der Waals surface area contributed by atoms with Crippen LogP contribution >= 0.6 is 11.3 Å². The van der Waals surface area contributed by atoms with E-state index in [0.717, 1.165) is 54.2 Å². The summed E-state index contributed by atoms with van der Waals surface area (Å²) in [6.07, 6.45) is 0. The van der Waals surface area contributed by atoms with E-state index in [1.165, 1.54) is 4.88 Å². The Labute approximate surface area is 179 Å². The zero-order chi connectivity index (χ0) is 21.1. The highest BCUT2D eigenvalue weighted by Crippen LogP contribution is 2.19. The van der Waals surface area contributed by atoms with Crippen LogP contribution in [-0.2, 0) is 13.1 Å². The molecule has 0 spiro atoms. The molecule has 0 saturated heterocycles. The van der Waals surface area contributed by atoms with Gasteiger partial charge >= 0.3 is 0 Å². The molecule has 0 unspecified atom stereocenters. The first-order valence-electron chi connectivity index (χ1n) is 10.4. The molecule has 0 saturated carbocycles. The minimum Gasteiger partial charge on any atom is -0.492 e. The minimum atomic E-state index is 0.562. The number of likely N-dealkylation sites (N-methyl/N-ethyl adjacent to an activating group) is 1. The number of benzene rings is 1. The summed E-state index contributed by atoms with van der Waals surface area (Å²) in [5.74, 6) is 1.70. The Morgan fingerprint density at radius 3 is 2.55 bits per heavy atom. The summed E-state index contributed by atoms with van der Waals surface area (Å²) in [5, 5.41) is 7.76. The Kier molecular flexibility index (Phi) is 9.94. The van der Waals surface area contributed by atoms with Gasteiger partial charge in [0.05, 0.1) is 18.8 Å². The van der Waals surface area contributed by atoms with Crippen molar-refractivity contribution >= 4 is 17.3 Å². The van der Waals surface area contributed by atoms with E-state index < -0.39 is 0 Å². The Balaban J connectivity index is 1.97. The third kappa shape index (κ3) is 7.66. The lowest BCUT2D eigenvalue weighted by atomic mass is 10.2. The summed E-state index contributed by atoms with van der Waals surface area (Å²) >= 11 is 1.73. The lowest BCUT2D eigenvalue weighted by Crippen LogP contribution is -2.36. The largest absolute Gasteiger partial charge is 0.492 e. The molecule has 0 aliphatic heterocycles. The SMILES string of the molecule is CCNC(=NCc1ccccc1OCCN(CC)CC)NCc1nc(C)c(C)s1. The average molecular weight is 418 g/mol. The second-order valence-corrected chi connectivity index (χ2v) is 8.07. The van der Waals surface area contributed by atoms with Gasteiger partial charge in [0.2, 0.25) is 0 Å². The molecule has 160 valence electrons. The van der Waals surface area contributed by atoms with Crippen molar-refractivity contribution < 1.29 is 4.74 Å². The van der Waals surface area contributed by atoms with E-state index in [0.29, 0.717) is 19.7 Å². The van der Waals surface area contributed by atoms with Gasteiger partial charge < -0.3 is 20.3 Å². The fourth-order valence-electron chi connectivity index (χ4n) is 2.88. The van der Waals surface area contributed by atoms with Gasteiger partial charge in [-0.1, -0.05) is 32.0 Å². The number of guanidine groups is 1. The fourth-order valence-corrected chi connectivity index (χ4v) is 3.75. The van der Waals surface area contributed by atoms with Gasteiger partial charge in [0.1, 0.15) is 17.4 Å². The van der Waals surface area contributed by atoms with Crippen molar-refractivity contribution in [1.82, 2.24) is 20.5 Å². The summed E-state index contributed by atoms with van der Waals surface area (Å²) in [6, 6.07) is 8.14. The lowest BCUT2D eigenvalue weighted by molar-refractivity contribution is 0.221. The van der Waals surface area contributed by atoms with Crippen LogP contribution in [0.2, 0.25) is 0 Å². The number of nitrogens with one attached hydrogen (secondary N) is 2. The van der Waals surface area contributed by atoms with Gasteiger partial charge in [0, 0.05) is 23.5 Å². The Morgan fingerprint density at radius 2 is 1.90 bits per heavy atom. The van der Waals surface area contributed by atoms with Gasteiger partial charge in [-0.2, -0.15) is 0 Å². The van der Waals surface area contributed by atoms with Crippen LogP contribution in [0.15, 0.2) is 29.3 Å². The number of rotatable bonds is 11. The number of thiazole rings is 1. The predicted octanol–water partition coefficient (Wildman–Crippen LogP) is 3.74. The molecule has 1 aromatic heterocycles. The van der Waals surface area contributed by atoms with E-state index in [-0.39, 0.29) is 0 Å². The monoisotopic (exact) mass is 417 g/mol. The molecule has 0 fully saturated rings. The molecule has 0 aliphatic carbocycles. The van der Waals surface area contributed by atoms with Crippen LogP contribution in [0.25, 0.3) is 0 Å². The van der Waals surface area contributed by atoms with Gasteiger partial charge in [-0.3, -0.25) is 0 Å². The maximum atomic E-state index is 6.05. The van der Waals surface area contributed by atoms with E-state index in [4.69, 9.17) is 9.73 Å². The van der Waals surface area contributed by atoms with E-state index in [2.05, 4.69) is 54.3 Å². The molecule has 7 heteroatoms. The van der Waals surface area contributed by atoms with Crippen molar-refractivity contribution in [3.05, 3.63) is 45.4 Å². The van der Waals surface area contributed by atoms with Crippen LogP contribution in [0.1, 0.15) is 41.9 Å². The molecule has 0 radical (unpaired) electrons. The first kappa shape index (κ1) is 23.2. The first-order valence-corrected chi connectivity index (χ1v) is 11.3. The normalized spacial score (nSPS) is 11.7. The summed E-state index contributed by atoms with van der Waals surface area (Å²) in [5.41, 5.74) is 2.19. The van der Waals surface area contributed by atoms with Crippen molar-refractivity contribution in [2.75, 3.05) is 32.8 Å². The van der Waals surface area contributed by atoms with Gasteiger partial charge in [0.15, 0.2) is 5.96 Å². The molecule has 2 N–H and O–H groups in total. The highest BCUT2D eigenvalue weighted by atomic mass is 32.1. The van der Waals surface area contributed by atoms with E-state index in [9.17, 15) is 0 Å². The molecule has 2 aromatic rings. The van der Waals surface area contributed by atoms with Crippen LogP contribution < -0.4 is 15.4 Å². The van der Waals surface area contributed by atoms with Crippen LogP contribution in [0.5, 0.6) is 5.75 Å². The molecule has 0 atom stereocenters. The first-order chi connectivity index (χ1) is 14.1. The van der Waals surface area contributed by atoms with Crippen LogP contribution in [0.3, 0.4) is 0 Å². The zero-order valence-electron chi connectivity index (χ0n) is 18.4. The lowest BCUT2D eigenvalue weighted by Gasteiger charge is -2.18. The second kappa shape index (κ2) is 12.4. The van der Waals surface area contributed by atoms with Crippen molar-refractivity contribution in [2.24, 2.45) is 4.99 Å². The number of ether oxygens (including phenoxy) is 1. The fraction of sp³-hybridized carbons (Fsp3) is 0.545. The average Bonchev–Trinajstić information content (AvgIpc) is 3.05. The molecule has 29 heavy (non-hydrogen) atoms. The second-order valence-electron chi connectivity index (χ2n) is 6.78. The molecular formula is C22H35N5OS. The molecule has 0 aliphatic rings. The van der Waals surface area contributed by atoms with E-state index in [1.807, 2.05) is 25.1 Å². The van der Waals surface area contributed by atoms with Gasteiger partial charge in [-0.15, -0.1) is 11.3 Å². The molecule has 0 bridgehead atoms. The molecule has 1 heterocycles. The Bertz CT molecular complexity index is 751. The smallest absolute Gasteiger partial charge is 0.191 e. The van der Waals surface area contributed by atoms with Crippen molar-refractivity contribution in [1.29, 1.82) is 0 Å². The number of hydrogen-bond donors (Lipinski definition) is 2. The van der Waals surface area contributed by atoms with Gasteiger partial charge in [-0.25, -0.2) is 9.98 Å². The number of hydrogen-bond acceptors (Lipinski definition) is 5. The maximum Gasteiger partial charge on any atom is 0.191 e. The van der Waals surface area contributed by atoms with Gasteiger partial charge in [0.25, 0.3) is 0 Å². The summed E-state index contributed by atoms with van der Waals surface area (Å²) in [4.78, 5) is 13.0. The van der Waals surface area contributed by atoms with Gasteiger partial charge in [-0.05, 0) is 39.9 Å². The number of aryl methyl sites for hydroxylation is 2. The maximum absolute atomic E-state index is 6.05. The highest BCUT2D eigenvalue weighted by Gasteiger charge is 2.07. The number of aromatic nitrogens is 1. The molecule has 2 rings (SSSR count). The van der Waals surface area contributed by atoms with Crippen molar-refractivity contribution in [3.8, 4) is 5.75 Å². The summed E-state index contributed by atoms with van der Waals surface area (Å²) in [6.45, 7) is 16.3. The molecule has 1 aromatic carbocycles. The number of nitrogens with zero attached hydrogens (tertiary/aromatic N) is 3. The summed E-state index contributed by atoms with van der Waals surface area (Å²) < 4.78 is 6.05. The van der Waals surface area contributed by atoms with E-state index >= 15 is 0 Å². The van der Waals surface area contributed by atoms with Crippen LogP contribution in [0.4, 0.5) is 0 Å². The molecular weight excluding hydrogens is 382 g/mol. The summed E-state index contributed by atoms with van der Waals surface area (Å²) in [7, 11) is 0. The third-order valence-corrected chi connectivity index (χ3v) is 5.84. The minimum absolute atomic E-state index is 0.562. The Hall–Kier alpha value is -2.12. The highest BCUT2D eigenvalue weighted by molar-refractivity contribution is 7.11. The van der Waals surface area contributed by atoms with Crippen molar-refractivity contribution in [2.45, 2.75) is 47.7 Å². The zero-order valence-corrected chi connectivity index (χ0v) is 19.2. The number of para-hydroxylation sites is 1. The Morgan fingerprint density at radius 1 is 1.14 bits per heavy atom. The number of aliphatic imine (C=N–C) groups is 1. The van der Waals surface area contributed by atoms with Crippen LogP contribution in [0, 0.1) is 13.8 Å². The molecule has 6 nitrogen and oxygen atoms in total.